The molecular weight excluding hydrogens is 238 g/mol. The van der Waals surface area contributed by atoms with Crippen LogP contribution < -0.4 is 5.32 Å². The van der Waals surface area contributed by atoms with E-state index >= 15 is 0 Å². The lowest BCUT2D eigenvalue weighted by Crippen LogP contribution is -2.33. The Kier molecular flexibility index (Phi) is 5.58. The van der Waals surface area contributed by atoms with Crippen LogP contribution >= 0.6 is 11.8 Å². The van der Waals surface area contributed by atoms with Crippen molar-refractivity contribution < 1.29 is 0 Å². The second-order valence-electron chi connectivity index (χ2n) is 5.20. The highest BCUT2D eigenvalue weighted by atomic mass is 32.2. The molecular formula is C16H25NS. The standard InChI is InChI=1S/C16H25NS/c1-3-5-9-13(8-4-2)17-15-12-18-16-11-7-6-10-14(15)16/h6-7,10-11,13,15,17H,3-5,8-9,12H2,1-2H3. The van der Waals surface area contributed by atoms with Crippen LogP contribution in [0.4, 0.5) is 0 Å². The van der Waals surface area contributed by atoms with E-state index in [4.69, 9.17) is 0 Å². The van der Waals surface area contributed by atoms with Gasteiger partial charge >= 0.3 is 0 Å². The van der Waals surface area contributed by atoms with Crippen LogP contribution in [-0.2, 0) is 0 Å². The molecule has 100 valence electrons. The lowest BCUT2D eigenvalue weighted by molar-refractivity contribution is 0.399. The summed E-state index contributed by atoms with van der Waals surface area (Å²) < 4.78 is 0. The summed E-state index contributed by atoms with van der Waals surface area (Å²) in [4.78, 5) is 1.47. The summed E-state index contributed by atoms with van der Waals surface area (Å²) in [5.74, 6) is 1.20. The number of hydrogen-bond donors (Lipinski definition) is 1. The minimum atomic E-state index is 0.569. The van der Waals surface area contributed by atoms with E-state index in [0.717, 1.165) is 0 Å². The Hall–Kier alpha value is -0.470. The van der Waals surface area contributed by atoms with Crippen molar-refractivity contribution >= 4 is 11.8 Å². The second kappa shape index (κ2) is 7.20. The van der Waals surface area contributed by atoms with Gasteiger partial charge < -0.3 is 5.32 Å². The van der Waals surface area contributed by atoms with Crippen LogP contribution in [0.3, 0.4) is 0 Å². The van der Waals surface area contributed by atoms with Gasteiger partial charge in [0.1, 0.15) is 0 Å². The summed E-state index contributed by atoms with van der Waals surface area (Å²) in [6.45, 7) is 4.57. The summed E-state index contributed by atoms with van der Waals surface area (Å²) >= 11 is 2.00. The fourth-order valence-electron chi connectivity index (χ4n) is 2.70. The van der Waals surface area contributed by atoms with Crippen molar-refractivity contribution in [2.45, 2.75) is 62.9 Å². The Morgan fingerprint density at radius 3 is 2.83 bits per heavy atom. The van der Waals surface area contributed by atoms with E-state index in [0.29, 0.717) is 12.1 Å². The zero-order chi connectivity index (χ0) is 12.8. The Labute approximate surface area is 116 Å². The predicted octanol–water partition coefficient (Wildman–Crippen LogP) is 4.78. The van der Waals surface area contributed by atoms with E-state index in [1.807, 2.05) is 11.8 Å². The normalized spacial score (nSPS) is 19.8. The first-order valence-electron chi connectivity index (χ1n) is 7.33. The largest absolute Gasteiger partial charge is 0.306 e. The van der Waals surface area contributed by atoms with Gasteiger partial charge in [0.2, 0.25) is 0 Å². The van der Waals surface area contributed by atoms with Crippen molar-refractivity contribution in [3.8, 4) is 0 Å². The third kappa shape index (κ3) is 3.52. The lowest BCUT2D eigenvalue weighted by atomic mass is 10.0. The molecule has 2 rings (SSSR count). The van der Waals surface area contributed by atoms with Crippen LogP contribution in [0.2, 0.25) is 0 Å². The Bertz CT molecular complexity index is 364. The highest BCUT2D eigenvalue weighted by Crippen LogP contribution is 2.38. The van der Waals surface area contributed by atoms with Gasteiger partial charge in [-0.2, -0.15) is 0 Å². The molecule has 0 saturated heterocycles. The topological polar surface area (TPSA) is 12.0 Å². The molecule has 0 saturated carbocycles. The minimum Gasteiger partial charge on any atom is -0.306 e. The molecule has 1 aliphatic rings. The zero-order valence-electron chi connectivity index (χ0n) is 11.6. The third-order valence-corrected chi connectivity index (χ3v) is 4.86. The van der Waals surface area contributed by atoms with Crippen LogP contribution in [0.5, 0.6) is 0 Å². The van der Waals surface area contributed by atoms with Crippen LogP contribution in [0.15, 0.2) is 29.2 Å². The summed E-state index contributed by atoms with van der Waals surface area (Å²) in [6.07, 6.45) is 6.57. The quantitative estimate of drug-likeness (QED) is 0.759. The molecule has 1 heterocycles. The van der Waals surface area contributed by atoms with Crippen LogP contribution in [0.25, 0.3) is 0 Å². The van der Waals surface area contributed by atoms with Crippen LogP contribution in [0.1, 0.15) is 57.6 Å². The molecule has 18 heavy (non-hydrogen) atoms. The van der Waals surface area contributed by atoms with Gasteiger partial charge in [-0.25, -0.2) is 0 Å². The number of hydrogen-bond acceptors (Lipinski definition) is 2. The summed E-state index contributed by atoms with van der Waals surface area (Å²) in [7, 11) is 0. The van der Waals surface area contributed by atoms with E-state index in [2.05, 4.69) is 43.4 Å². The number of unbranched alkanes of at least 4 members (excludes halogenated alkanes) is 1. The molecule has 0 spiro atoms. The van der Waals surface area contributed by atoms with Gasteiger partial charge in [0, 0.05) is 22.7 Å². The number of thioether (sulfide) groups is 1. The number of fused-ring (bicyclic) bond motifs is 1. The minimum absolute atomic E-state index is 0.569. The second-order valence-corrected chi connectivity index (χ2v) is 6.26. The van der Waals surface area contributed by atoms with E-state index in [1.54, 1.807) is 0 Å². The van der Waals surface area contributed by atoms with E-state index in [1.165, 1.54) is 48.3 Å². The highest BCUT2D eigenvalue weighted by molar-refractivity contribution is 7.99. The first-order valence-corrected chi connectivity index (χ1v) is 8.31. The molecule has 0 aliphatic carbocycles. The van der Waals surface area contributed by atoms with Crippen LogP contribution in [-0.4, -0.2) is 11.8 Å². The van der Waals surface area contributed by atoms with Crippen molar-refractivity contribution in [1.29, 1.82) is 0 Å². The molecule has 2 atom stereocenters. The molecule has 2 heteroatoms. The smallest absolute Gasteiger partial charge is 0.0428 e. The zero-order valence-corrected chi connectivity index (χ0v) is 12.4. The van der Waals surface area contributed by atoms with E-state index in [-0.39, 0.29) is 0 Å². The summed E-state index contributed by atoms with van der Waals surface area (Å²) in [6, 6.07) is 10.1. The van der Waals surface area contributed by atoms with E-state index in [9.17, 15) is 0 Å². The summed E-state index contributed by atoms with van der Waals surface area (Å²) in [5.41, 5.74) is 1.51. The number of benzene rings is 1. The fraction of sp³-hybridized carbons (Fsp3) is 0.625. The van der Waals surface area contributed by atoms with Gasteiger partial charge in [-0.3, -0.25) is 0 Å². The first-order chi connectivity index (χ1) is 8.85. The van der Waals surface area contributed by atoms with Crippen molar-refractivity contribution in [3.63, 3.8) is 0 Å². The van der Waals surface area contributed by atoms with Gasteiger partial charge in [-0.05, 0) is 24.5 Å². The molecule has 2 unspecified atom stereocenters. The molecule has 0 aromatic heterocycles. The molecule has 1 nitrogen and oxygen atoms in total. The molecule has 0 bridgehead atoms. The number of nitrogens with one attached hydrogen (secondary N) is 1. The monoisotopic (exact) mass is 263 g/mol. The maximum Gasteiger partial charge on any atom is 0.0428 e. The molecule has 0 amide bonds. The van der Waals surface area contributed by atoms with Crippen molar-refractivity contribution in [3.05, 3.63) is 29.8 Å². The Morgan fingerprint density at radius 1 is 1.22 bits per heavy atom. The Morgan fingerprint density at radius 2 is 2.06 bits per heavy atom. The van der Waals surface area contributed by atoms with Gasteiger partial charge in [0.05, 0.1) is 0 Å². The van der Waals surface area contributed by atoms with Gasteiger partial charge in [-0.15, -0.1) is 11.8 Å². The molecule has 0 radical (unpaired) electrons. The first kappa shape index (κ1) is 14.0. The number of rotatable bonds is 7. The molecule has 1 aromatic carbocycles. The van der Waals surface area contributed by atoms with Crippen molar-refractivity contribution in [1.82, 2.24) is 5.32 Å². The van der Waals surface area contributed by atoms with Gasteiger partial charge in [-0.1, -0.05) is 51.3 Å². The molecule has 1 N–H and O–H groups in total. The third-order valence-electron chi connectivity index (χ3n) is 3.68. The maximum absolute atomic E-state index is 3.89. The highest BCUT2D eigenvalue weighted by Gasteiger charge is 2.24. The fourth-order valence-corrected chi connectivity index (χ4v) is 3.87. The SMILES string of the molecule is CCCCC(CCC)NC1CSc2ccccc21. The van der Waals surface area contributed by atoms with Crippen molar-refractivity contribution in [2.75, 3.05) is 5.75 Å². The van der Waals surface area contributed by atoms with Crippen LogP contribution in [0, 0.1) is 0 Å². The lowest BCUT2D eigenvalue weighted by Gasteiger charge is -2.23. The Balaban J connectivity index is 1.95. The van der Waals surface area contributed by atoms with Gasteiger partial charge in [0.15, 0.2) is 0 Å². The average Bonchev–Trinajstić information content (AvgIpc) is 2.80. The average molecular weight is 263 g/mol. The summed E-state index contributed by atoms with van der Waals surface area (Å²) in [5, 5.41) is 3.89. The predicted molar refractivity (Wildman–Crippen MR) is 81.3 cm³/mol. The molecule has 0 fully saturated rings. The van der Waals surface area contributed by atoms with Gasteiger partial charge in [0.25, 0.3) is 0 Å². The molecule has 1 aliphatic heterocycles. The van der Waals surface area contributed by atoms with Crippen molar-refractivity contribution in [2.24, 2.45) is 0 Å². The van der Waals surface area contributed by atoms with E-state index < -0.39 is 0 Å². The maximum atomic E-state index is 3.89. The molecule has 1 aromatic rings.